The van der Waals surface area contributed by atoms with Gasteiger partial charge in [-0.2, -0.15) is 10.1 Å². The van der Waals surface area contributed by atoms with Gasteiger partial charge >= 0.3 is 0 Å². The fourth-order valence-corrected chi connectivity index (χ4v) is 2.74. The topological polar surface area (TPSA) is 39.2 Å². The zero-order chi connectivity index (χ0) is 15.7. The van der Waals surface area contributed by atoms with Crippen LogP contribution in [0.5, 0.6) is 0 Å². The summed E-state index contributed by atoms with van der Waals surface area (Å²) in [5.41, 5.74) is 3.43. The van der Waals surface area contributed by atoms with E-state index in [0.717, 1.165) is 43.1 Å². The third kappa shape index (κ3) is 2.90. The Morgan fingerprint density at radius 3 is 2.55 bits per heavy atom. The fourth-order valence-electron chi connectivity index (χ4n) is 2.74. The highest BCUT2D eigenvalue weighted by molar-refractivity contribution is 6.29. The molecule has 1 aromatic carbocycles. The average Bonchev–Trinajstić information content (AvgIpc) is 2.77. The molecule has 1 aromatic rings. The first-order valence-corrected chi connectivity index (χ1v) is 7.66. The minimum Gasteiger partial charge on any atom is -0.374 e. The molecule has 1 amide bonds. The van der Waals surface area contributed by atoms with Gasteiger partial charge in [0.1, 0.15) is 0 Å². The van der Waals surface area contributed by atoms with Gasteiger partial charge in [-0.15, -0.1) is 0 Å². The van der Waals surface area contributed by atoms with Crippen LogP contribution in [0.3, 0.4) is 0 Å². The molecule has 0 saturated carbocycles. The number of piperazine rings is 1. The fraction of sp³-hybridized carbons (Fsp3) is 0.412. The van der Waals surface area contributed by atoms with E-state index in [0.29, 0.717) is 5.57 Å². The zero-order valence-corrected chi connectivity index (χ0v) is 13.4. The molecule has 2 heterocycles. The first-order valence-electron chi connectivity index (χ1n) is 7.66. The molecule has 22 heavy (non-hydrogen) atoms. The van der Waals surface area contributed by atoms with Gasteiger partial charge < -0.3 is 9.80 Å². The lowest BCUT2D eigenvalue weighted by atomic mass is 10.1. The van der Waals surface area contributed by atoms with Crippen molar-refractivity contribution in [3.8, 4) is 0 Å². The van der Waals surface area contributed by atoms with Crippen LogP contribution >= 0.6 is 0 Å². The molecule has 0 aromatic heterocycles. The van der Waals surface area contributed by atoms with Crippen molar-refractivity contribution in [2.75, 3.05) is 38.2 Å². The number of anilines is 1. The Labute approximate surface area is 131 Å². The van der Waals surface area contributed by atoms with Crippen molar-refractivity contribution in [1.29, 1.82) is 0 Å². The highest BCUT2D eigenvalue weighted by Crippen LogP contribution is 2.24. The molecule has 0 atom stereocenters. The van der Waals surface area contributed by atoms with Gasteiger partial charge in [-0.1, -0.05) is 12.1 Å². The first-order chi connectivity index (χ1) is 10.5. The first kappa shape index (κ1) is 14.8. The number of benzene rings is 1. The molecule has 0 bridgehead atoms. The number of hydrogen-bond acceptors (Lipinski definition) is 4. The summed E-state index contributed by atoms with van der Waals surface area (Å²) in [7, 11) is 2.12. The minimum atomic E-state index is -0.0398. The summed E-state index contributed by atoms with van der Waals surface area (Å²) in [5, 5.41) is 5.94. The van der Waals surface area contributed by atoms with E-state index in [-0.39, 0.29) is 5.91 Å². The number of hydrazone groups is 1. The van der Waals surface area contributed by atoms with Gasteiger partial charge in [0, 0.05) is 32.4 Å². The second kappa shape index (κ2) is 5.93. The Balaban J connectivity index is 1.81. The average molecular weight is 298 g/mol. The molecule has 0 N–H and O–H groups in total. The summed E-state index contributed by atoms with van der Waals surface area (Å²) < 4.78 is 0. The molecular weight excluding hydrogens is 276 g/mol. The van der Waals surface area contributed by atoms with E-state index in [1.807, 2.05) is 44.3 Å². The van der Waals surface area contributed by atoms with Crippen LogP contribution in [-0.4, -0.2) is 54.6 Å². The van der Waals surface area contributed by atoms with Crippen LogP contribution in [0, 0.1) is 6.92 Å². The number of likely N-dealkylation sites (N-methyl/N-ethyl adjacent to an activating group) is 1. The summed E-state index contributed by atoms with van der Waals surface area (Å²) in [6, 6.07) is 7.86. The maximum absolute atomic E-state index is 12.7. The lowest BCUT2D eigenvalue weighted by molar-refractivity contribution is -0.114. The summed E-state index contributed by atoms with van der Waals surface area (Å²) in [4.78, 5) is 17.2. The highest BCUT2D eigenvalue weighted by atomic mass is 16.2. The Hall–Kier alpha value is -2.14. The number of hydrogen-bond donors (Lipinski definition) is 0. The zero-order valence-electron chi connectivity index (χ0n) is 13.4. The molecule has 0 aliphatic carbocycles. The summed E-state index contributed by atoms with van der Waals surface area (Å²) in [6.45, 7) is 7.86. The van der Waals surface area contributed by atoms with Gasteiger partial charge in [-0.3, -0.25) is 4.79 Å². The Bertz CT molecular complexity index is 642. The SMILES string of the molecule is CC1=NN(c2cccc(C)c2)C(=O)/C1=C\N1CCN(C)CC1. The normalized spacial score (nSPS) is 21.7. The number of nitrogens with zero attached hydrogens (tertiary/aromatic N) is 4. The molecule has 0 spiro atoms. The third-order valence-electron chi connectivity index (χ3n) is 4.16. The van der Waals surface area contributed by atoms with E-state index in [2.05, 4.69) is 21.9 Å². The van der Waals surface area contributed by atoms with Crippen LogP contribution in [0.1, 0.15) is 12.5 Å². The summed E-state index contributed by atoms with van der Waals surface area (Å²) in [5.74, 6) is -0.0398. The van der Waals surface area contributed by atoms with Crippen molar-refractivity contribution in [2.45, 2.75) is 13.8 Å². The molecule has 5 nitrogen and oxygen atoms in total. The largest absolute Gasteiger partial charge is 0.374 e. The molecule has 2 aliphatic heterocycles. The molecule has 0 radical (unpaired) electrons. The lowest BCUT2D eigenvalue weighted by Gasteiger charge is -2.31. The second-order valence-corrected chi connectivity index (χ2v) is 6.02. The Kier molecular flexibility index (Phi) is 3.98. The maximum Gasteiger partial charge on any atom is 0.282 e. The predicted molar refractivity (Wildman–Crippen MR) is 88.9 cm³/mol. The van der Waals surface area contributed by atoms with Gasteiger partial charge in [0.25, 0.3) is 5.91 Å². The molecule has 2 aliphatic rings. The quantitative estimate of drug-likeness (QED) is 0.782. The monoisotopic (exact) mass is 298 g/mol. The van der Waals surface area contributed by atoms with Crippen molar-refractivity contribution in [2.24, 2.45) is 5.10 Å². The molecular formula is C17H22N4O. The van der Waals surface area contributed by atoms with Gasteiger partial charge in [0.05, 0.1) is 17.0 Å². The number of carbonyl (C=O) groups excluding carboxylic acids is 1. The number of aryl methyl sites for hydroxylation is 1. The van der Waals surface area contributed by atoms with E-state index >= 15 is 0 Å². The van der Waals surface area contributed by atoms with E-state index < -0.39 is 0 Å². The highest BCUT2D eigenvalue weighted by Gasteiger charge is 2.29. The Morgan fingerprint density at radius 1 is 1.14 bits per heavy atom. The predicted octanol–water partition coefficient (Wildman–Crippen LogP) is 1.85. The van der Waals surface area contributed by atoms with Crippen LogP contribution in [0.4, 0.5) is 5.69 Å². The van der Waals surface area contributed by atoms with Crippen LogP contribution in [0.25, 0.3) is 0 Å². The van der Waals surface area contributed by atoms with Crippen molar-refractivity contribution in [1.82, 2.24) is 9.80 Å². The second-order valence-electron chi connectivity index (χ2n) is 6.02. The summed E-state index contributed by atoms with van der Waals surface area (Å²) >= 11 is 0. The van der Waals surface area contributed by atoms with Crippen LogP contribution in [0.15, 0.2) is 41.1 Å². The van der Waals surface area contributed by atoms with E-state index in [1.165, 1.54) is 5.01 Å². The van der Waals surface area contributed by atoms with Crippen LogP contribution in [0.2, 0.25) is 0 Å². The van der Waals surface area contributed by atoms with Crippen molar-refractivity contribution in [3.05, 3.63) is 41.6 Å². The molecule has 5 heteroatoms. The standard InChI is InChI=1S/C17H22N4O/c1-13-5-4-6-15(11-13)21-17(22)16(14(2)18-21)12-20-9-7-19(3)8-10-20/h4-6,11-12H,7-10H2,1-3H3/b16-12-. The van der Waals surface area contributed by atoms with Crippen molar-refractivity contribution >= 4 is 17.3 Å². The van der Waals surface area contributed by atoms with Gasteiger partial charge in [0.15, 0.2) is 0 Å². The summed E-state index contributed by atoms with van der Waals surface area (Å²) in [6.07, 6.45) is 1.98. The third-order valence-corrected chi connectivity index (χ3v) is 4.16. The molecule has 116 valence electrons. The van der Waals surface area contributed by atoms with E-state index in [1.54, 1.807) is 0 Å². The van der Waals surface area contributed by atoms with Crippen molar-refractivity contribution in [3.63, 3.8) is 0 Å². The van der Waals surface area contributed by atoms with Gasteiger partial charge in [-0.05, 0) is 38.6 Å². The number of rotatable bonds is 2. The minimum absolute atomic E-state index is 0.0398. The van der Waals surface area contributed by atoms with Gasteiger partial charge in [-0.25, -0.2) is 0 Å². The van der Waals surface area contributed by atoms with Crippen LogP contribution < -0.4 is 5.01 Å². The maximum atomic E-state index is 12.7. The number of amides is 1. The van der Waals surface area contributed by atoms with Gasteiger partial charge in [0.2, 0.25) is 0 Å². The smallest absolute Gasteiger partial charge is 0.282 e. The number of carbonyl (C=O) groups is 1. The lowest BCUT2D eigenvalue weighted by Crippen LogP contribution is -2.42. The van der Waals surface area contributed by atoms with E-state index in [9.17, 15) is 4.79 Å². The molecule has 0 unspecified atom stereocenters. The molecule has 1 saturated heterocycles. The van der Waals surface area contributed by atoms with Crippen molar-refractivity contribution < 1.29 is 4.79 Å². The Morgan fingerprint density at radius 2 is 1.86 bits per heavy atom. The molecule has 3 rings (SSSR count). The molecule has 1 fully saturated rings. The van der Waals surface area contributed by atoms with Crippen LogP contribution in [-0.2, 0) is 4.79 Å². The van der Waals surface area contributed by atoms with E-state index in [4.69, 9.17) is 0 Å².